The van der Waals surface area contributed by atoms with Gasteiger partial charge in [-0.2, -0.15) is 0 Å². The van der Waals surface area contributed by atoms with Crippen LogP contribution in [0.2, 0.25) is 0 Å². The predicted molar refractivity (Wildman–Crippen MR) is 81.6 cm³/mol. The smallest absolute Gasteiger partial charge is 0.537 e. The van der Waals surface area contributed by atoms with Crippen molar-refractivity contribution >= 4 is 13.6 Å². The molecule has 2 atom stereocenters. The molecule has 0 aliphatic carbocycles. The highest BCUT2D eigenvalue weighted by Gasteiger charge is 2.32. The molecule has 3 rings (SSSR count). The highest BCUT2D eigenvalue weighted by Crippen LogP contribution is 2.32. The van der Waals surface area contributed by atoms with Crippen LogP contribution in [0.15, 0.2) is 59.6 Å². The minimum Gasteiger partial charge on any atom is -0.537 e. The summed E-state index contributed by atoms with van der Waals surface area (Å²) in [6.07, 6.45) is -0.465. The molecule has 111 valence electrons. The SMILES string of the molecule is O[B]Oc1ccc(C2OC(c3ccccc3)=NC2CF)cc1. The van der Waals surface area contributed by atoms with Crippen molar-refractivity contribution in [2.45, 2.75) is 12.1 Å². The molecule has 0 saturated heterocycles. The van der Waals surface area contributed by atoms with E-state index in [1.165, 1.54) is 0 Å². The van der Waals surface area contributed by atoms with Crippen molar-refractivity contribution in [1.29, 1.82) is 0 Å². The van der Waals surface area contributed by atoms with Gasteiger partial charge < -0.3 is 14.4 Å². The number of nitrogens with zero attached hydrogens (tertiary/aromatic N) is 1. The Balaban J connectivity index is 1.80. The van der Waals surface area contributed by atoms with E-state index < -0.39 is 18.8 Å². The van der Waals surface area contributed by atoms with Gasteiger partial charge in [-0.1, -0.05) is 30.3 Å². The molecule has 0 spiro atoms. The van der Waals surface area contributed by atoms with E-state index >= 15 is 0 Å². The zero-order valence-electron chi connectivity index (χ0n) is 11.7. The summed E-state index contributed by atoms with van der Waals surface area (Å²) >= 11 is 0. The Hall–Kier alpha value is -2.34. The van der Waals surface area contributed by atoms with Crippen molar-refractivity contribution < 1.29 is 18.8 Å². The number of benzene rings is 2. The van der Waals surface area contributed by atoms with Crippen LogP contribution in [0.3, 0.4) is 0 Å². The van der Waals surface area contributed by atoms with E-state index in [2.05, 4.69) is 4.99 Å². The molecule has 2 aromatic carbocycles. The van der Waals surface area contributed by atoms with Crippen molar-refractivity contribution in [2.75, 3.05) is 6.67 Å². The molecule has 0 fully saturated rings. The van der Waals surface area contributed by atoms with E-state index in [0.29, 0.717) is 19.3 Å². The van der Waals surface area contributed by atoms with Crippen LogP contribution in [0.1, 0.15) is 17.2 Å². The first-order valence-corrected chi connectivity index (χ1v) is 6.90. The molecule has 4 nitrogen and oxygen atoms in total. The average Bonchev–Trinajstić information content (AvgIpc) is 3.01. The third kappa shape index (κ3) is 2.97. The lowest BCUT2D eigenvalue weighted by Crippen LogP contribution is -2.16. The van der Waals surface area contributed by atoms with Gasteiger partial charge >= 0.3 is 7.69 Å². The van der Waals surface area contributed by atoms with Gasteiger partial charge in [-0.25, -0.2) is 9.38 Å². The molecule has 1 heterocycles. The van der Waals surface area contributed by atoms with Crippen LogP contribution in [0.4, 0.5) is 4.39 Å². The molecule has 0 bridgehead atoms. The Morgan fingerprint density at radius 2 is 1.86 bits per heavy atom. The Morgan fingerprint density at radius 3 is 2.50 bits per heavy atom. The number of halogens is 1. The summed E-state index contributed by atoms with van der Waals surface area (Å²) in [7, 11) is 0.613. The summed E-state index contributed by atoms with van der Waals surface area (Å²) in [5.74, 6) is 0.947. The molecule has 2 unspecified atom stereocenters. The molecule has 2 aromatic rings. The van der Waals surface area contributed by atoms with Gasteiger partial charge in [0.25, 0.3) is 0 Å². The normalized spacial score (nSPS) is 20.2. The molecule has 1 radical (unpaired) electrons. The zero-order chi connectivity index (χ0) is 15.4. The summed E-state index contributed by atoms with van der Waals surface area (Å²) in [6, 6.07) is 15.8. The number of aliphatic imine (C=N–C) groups is 1. The Kier molecular flexibility index (Phi) is 4.39. The van der Waals surface area contributed by atoms with Gasteiger partial charge in [0.1, 0.15) is 12.7 Å². The molecule has 22 heavy (non-hydrogen) atoms. The minimum absolute atomic E-state index is 0.456. The van der Waals surface area contributed by atoms with Gasteiger partial charge in [0, 0.05) is 5.56 Å². The van der Waals surface area contributed by atoms with Gasteiger partial charge in [0.15, 0.2) is 6.10 Å². The van der Waals surface area contributed by atoms with E-state index in [1.807, 2.05) is 30.3 Å². The van der Waals surface area contributed by atoms with Gasteiger partial charge in [-0.3, -0.25) is 0 Å². The molecule has 0 amide bonds. The summed E-state index contributed by atoms with van der Waals surface area (Å²) in [6.45, 7) is -0.594. The second kappa shape index (κ2) is 6.62. The fourth-order valence-corrected chi connectivity index (χ4v) is 2.37. The van der Waals surface area contributed by atoms with Gasteiger partial charge in [-0.15, -0.1) is 0 Å². The van der Waals surface area contributed by atoms with E-state index in [1.54, 1.807) is 24.3 Å². The average molecular weight is 298 g/mol. The predicted octanol–water partition coefficient (Wildman–Crippen LogP) is 2.45. The topological polar surface area (TPSA) is 51.0 Å². The van der Waals surface area contributed by atoms with E-state index in [0.717, 1.165) is 11.1 Å². The zero-order valence-corrected chi connectivity index (χ0v) is 11.7. The first kappa shape index (κ1) is 14.6. The van der Waals surface area contributed by atoms with Crippen molar-refractivity contribution in [3.05, 3.63) is 65.7 Å². The number of hydrogen-bond acceptors (Lipinski definition) is 4. The van der Waals surface area contributed by atoms with Gasteiger partial charge in [0.2, 0.25) is 5.90 Å². The molecule has 0 aromatic heterocycles. The fourth-order valence-electron chi connectivity index (χ4n) is 2.37. The van der Waals surface area contributed by atoms with Crippen molar-refractivity contribution in [3.63, 3.8) is 0 Å². The van der Waals surface area contributed by atoms with Crippen LogP contribution in [0.25, 0.3) is 0 Å². The maximum Gasteiger partial charge on any atom is 0.569 e. The van der Waals surface area contributed by atoms with Crippen LogP contribution in [-0.2, 0) is 4.74 Å². The first-order valence-electron chi connectivity index (χ1n) is 6.90. The monoisotopic (exact) mass is 298 g/mol. The van der Waals surface area contributed by atoms with Crippen LogP contribution in [-0.4, -0.2) is 31.3 Å². The lowest BCUT2D eigenvalue weighted by molar-refractivity contribution is 0.180. The van der Waals surface area contributed by atoms with Crippen molar-refractivity contribution in [3.8, 4) is 5.75 Å². The second-order valence-corrected chi connectivity index (χ2v) is 4.85. The lowest BCUT2D eigenvalue weighted by Gasteiger charge is -2.16. The third-order valence-corrected chi connectivity index (χ3v) is 3.45. The largest absolute Gasteiger partial charge is 0.569 e. The number of rotatable bonds is 5. The van der Waals surface area contributed by atoms with Crippen LogP contribution < -0.4 is 4.65 Å². The second-order valence-electron chi connectivity index (χ2n) is 4.85. The summed E-state index contributed by atoms with van der Waals surface area (Å²) in [5.41, 5.74) is 1.64. The van der Waals surface area contributed by atoms with Crippen LogP contribution >= 0.6 is 0 Å². The molecule has 1 N–H and O–H groups in total. The molecule has 1 aliphatic rings. The van der Waals surface area contributed by atoms with Crippen LogP contribution in [0.5, 0.6) is 5.75 Å². The Bertz CT molecular complexity index is 648. The van der Waals surface area contributed by atoms with E-state index in [4.69, 9.17) is 14.4 Å². The van der Waals surface area contributed by atoms with Crippen molar-refractivity contribution in [1.82, 2.24) is 0 Å². The first-order chi connectivity index (χ1) is 10.8. The number of ether oxygens (including phenoxy) is 1. The van der Waals surface area contributed by atoms with E-state index in [9.17, 15) is 4.39 Å². The highest BCUT2D eigenvalue weighted by atomic mass is 19.1. The highest BCUT2D eigenvalue weighted by molar-refractivity contribution is 6.17. The maximum atomic E-state index is 13.3. The lowest BCUT2D eigenvalue weighted by atomic mass is 10.0. The number of alkyl halides is 1. The molecule has 6 heteroatoms. The maximum absolute atomic E-state index is 13.3. The minimum atomic E-state index is -0.594. The quantitative estimate of drug-likeness (QED) is 0.863. The molecule has 1 aliphatic heterocycles. The molecular weight excluding hydrogens is 284 g/mol. The summed E-state index contributed by atoms with van der Waals surface area (Å²) in [4.78, 5) is 4.34. The van der Waals surface area contributed by atoms with Crippen LogP contribution in [0, 0.1) is 0 Å². The summed E-state index contributed by atoms with van der Waals surface area (Å²) in [5, 5.41) is 8.60. The van der Waals surface area contributed by atoms with Gasteiger partial charge in [-0.05, 0) is 29.8 Å². The molecule has 0 saturated carbocycles. The number of hydrogen-bond donors (Lipinski definition) is 1. The molecular formula is C16H14BFNO3. The third-order valence-electron chi connectivity index (χ3n) is 3.45. The van der Waals surface area contributed by atoms with E-state index in [-0.39, 0.29) is 0 Å². The standard InChI is InChI=1S/C16H14BFNO3/c18-10-14-15(11-6-8-13(9-7-11)22-17-20)21-16(19-14)12-4-2-1-3-5-12/h1-9,14-15,20H,10H2. The Labute approximate surface area is 128 Å². The van der Waals surface area contributed by atoms with Crippen molar-refractivity contribution in [2.24, 2.45) is 4.99 Å². The summed E-state index contributed by atoms with van der Waals surface area (Å²) < 4.78 is 24.0. The Morgan fingerprint density at radius 1 is 1.14 bits per heavy atom. The fraction of sp³-hybridized carbons (Fsp3) is 0.188. The van der Waals surface area contributed by atoms with Gasteiger partial charge in [0.05, 0.1) is 5.75 Å².